The van der Waals surface area contributed by atoms with E-state index in [1.54, 1.807) is 0 Å². The number of unbranched alkanes of at least 4 members (excludes halogenated alkanes) is 5. The van der Waals surface area contributed by atoms with Crippen LogP contribution in [0.5, 0.6) is 0 Å². The number of hydrogen-bond acceptors (Lipinski definition) is 1. The van der Waals surface area contributed by atoms with E-state index in [9.17, 15) is 0 Å². The van der Waals surface area contributed by atoms with Gasteiger partial charge in [-0.3, -0.25) is 0 Å². The minimum Gasteiger partial charge on any atom is -0.420 e. The van der Waals surface area contributed by atoms with E-state index in [1.165, 1.54) is 56.6 Å². The molecule has 1 aromatic rings. The van der Waals surface area contributed by atoms with Crippen molar-refractivity contribution in [3.63, 3.8) is 0 Å². The van der Waals surface area contributed by atoms with Crippen LogP contribution in [0.1, 0.15) is 44.1 Å². The zero-order chi connectivity index (χ0) is 13.3. The Balaban J connectivity index is -0.000000405. The molecule has 0 aromatic heterocycles. The molecule has 0 saturated heterocycles. The van der Waals surface area contributed by atoms with Gasteiger partial charge in [-0.2, -0.15) is 17.7 Å². The fraction of sp³-hybridized carbons (Fsp3) is 0.579. The molecule has 1 nitrogen and oxygen atoms in total. The van der Waals surface area contributed by atoms with Gasteiger partial charge in [0.25, 0.3) is 0 Å². The van der Waals surface area contributed by atoms with Crippen molar-refractivity contribution in [1.82, 2.24) is 0 Å². The van der Waals surface area contributed by atoms with Crippen LogP contribution in [-0.4, -0.2) is 15.4 Å². The molecular formula is C19H38OPtSi. The Morgan fingerprint density at radius 3 is 1.77 bits per heavy atom. The van der Waals surface area contributed by atoms with Crippen LogP contribution in [0.2, 0.25) is 19.1 Å². The molecule has 0 heterocycles. The Labute approximate surface area is 157 Å². The van der Waals surface area contributed by atoms with Crippen molar-refractivity contribution in [1.29, 1.82) is 0 Å². The zero-order valence-electron chi connectivity index (χ0n) is 15.7. The summed E-state index contributed by atoms with van der Waals surface area (Å²) in [6.45, 7) is 4.62. The molecule has 0 amide bonds. The maximum Gasteiger partial charge on any atom is 4.00 e. The first-order chi connectivity index (χ1) is 8.64. The van der Waals surface area contributed by atoms with Crippen LogP contribution in [0.25, 0.3) is 0 Å². The molecular weight excluding hydrogens is 467 g/mol. The van der Waals surface area contributed by atoms with E-state index in [0.29, 0.717) is 0 Å². The summed E-state index contributed by atoms with van der Waals surface area (Å²) in [6, 6.07) is 10.1. The van der Waals surface area contributed by atoms with E-state index in [0.717, 1.165) is 0 Å². The SMILES string of the molecule is CO[Si](C)(C)CCCCCCCC[c-]1cccc1.[CH3-].[CH3-].[CH3-].[Pt+4]. The summed E-state index contributed by atoms with van der Waals surface area (Å²) in [7, 11) is 0.582. The van der Waals surface area contributed by atoms with Crippen molar-refractivity contribution in [3.8, 4) is 0 Å². The Morgan fingerprint density at radius 2 is 1.27 bits per heavy atom. The summed E-state index contributed by atoms with van der Waals surface area (Å²) >= 11 is 0. The quantitative estimate of drug-likeness (QED) is 0.201. The molecule has 3 heteroatoms. The van der Waals surface area contributed by atoms with E-state index in [2.05, 4.69) is 37.4 Å². The van der Waals surface area contributed by atoms with Gasteiger partial charge in [0.05, 0.1) is 0 Å². The first-order valence-corrected chi connectivity index (χ1v) is 10.5. The number of rotatable bonds is 10. The molecule has 0 radical (unpaired) electrons. The molecule has 0 unspecified atom stereocenters. The number of aryl methyl sites for hydroxylation is 1. The van der Waals surface area contributed by atoms with Gasteiger partial charge in [0.1, 0.15) is 0 Å². The maximum atomic E-state index is 5.56. The average molecular weight is 506 g/mol. The number of hydrogen-bond donors (Lipinski definition) is 0. The molecule has 1 aromatic carbocycles. The van der Waals surface area contributed by atoms with Crippen LogP contribution < -0.4 is 0 Å². The van der Waals surface area contributed by atoms with Crippen LogP contribution in [0.3, 0.4) is 0 Å². The minimum atomic E-state index is -1.29. The summed E-state index contributed by atoms with van der Waals surface area (Å²) in [5.74, 6) is 0. The second kappa shape index (κ2) is 17.6. The van der Waals surface area contributed by atoms with Crippen LogP contribution in [-0.2, 0) is 31.9 Å². The molecule has 0 bridgehead atoms. The van der Waals surface area contributed by atoms with E-state index in [1.807, 2.05) is 7.11 Å². The second-order valence-corrected chi connectivity index (χ2v) is 10.3. The first-order valence-electron chi connectivity index (χ1n) is 7.40. The van der Waals surface area contributed by atoms with Gasteiger partial charge in [-0.15, -0.1) is 0 Å². The summed E-state index contributed by atoms with van der Waals surface area (Å²) < 4.78 is 5.56. The third-order valence-electron chi connectivity index (χ3n) is 3.78. The first kappa shape index (κ1) is 30.1. The van der Waals surface area contributed by atoms with Gasteiger partial charge < -0.3 is 26.7 Å². The molecule has 0 aliphatic heterocycles. The molecule has 0 spiro atoms. The molecule has 0 atom stereocenters. The van der Waals surface area contributed by atoms with Crippen molar-refractivity contribution in [2.75, 3.05) is 7.11 Å². The van der Waals surface area contributed by atoms with Crippen molar-refractivity contribution < 1.29 is 25.5 Å². The zero-order valence-corrected chi connectivity index (χ0v) is 19.0. The minimum absolute atomic E-state index is 0. The second-order valence-electron chi connectivity index (χ2n) is 5.88. The van der Waals surface area contributed by atoms with E-state index < -0.39 is 8.32 Å². The van der Waals surface area contributed by atoms with Crippen LogP contribution in [0, 0.1) is 22.3 Å². The molecule has 134 valence electrons. The van der Waals surface area contributed by atoms with Crippen LogP contribution >= 0.6 is 0 Å². The van der Waals surface area contributed by atoms with Crippen LogP contribution in [0.4, 0.5) is 0 Å². The van der Waals surface area contributed by atoms with Gasteiger partial charge in [-0.1, -0.05) is 44.9 Å². The van der Waals surface area contributed by atoms with Crippen molar-refractivity contribution in [2.45, 2.75) is 64.1 Å². The molecule has 0 saturated carbocycles. The average Bonchev–Trinajstić information content (AvgIpc) is 2.85. The molecule has 1 rings (SSSR count). The molecule has 0 aliphatic carbocycles. The standard InChI is InChI=1S/C16H29OSi.3CH3.Pt/c1-17-18(2,3)15-11-7-5-4-6-8-12-16-13-9-10-14-16;;;;/h9-10,13-14H,4-8,11-12,15H2,1-3H3;3*1H3;/q4*-1;+4. The normalized spacial score (nSPS) is 9.77. The fourth-order valence-corrected chi connectivity index (χ4v) is 3.58. The Hall–Kier alpha value is 0.215. The monoisotopic (exact) mass is 505 g/mol. The molecule has 0 aliphatic rings. The van der Waals surface area contributed by atoms with Gasteiger partial charge in [0.15, 0.2) is 8.32 Å². The summed E-state index contributed by atoms with van der Waals surface area (Å²) in [5, 5.41) is 0. The van der Waals surface area contributed by atoms with Crippen LogP contribution in [0.15, 0.2) is 24.3 Å². The summed E-state index contributed by atoms with van der Waals surface area (Å²) in [4.78, 5) is 0. The summed E-state index contributed by atoms with van der Waals surface area (Å²) in [6.07, 6.45) is 9.53. The predicted octanol–water partition coefficient (Wildman–Crippen LogP) is 6.49. The van der Waals surface area contributed by atoms with Gasteiger partial charge in [-0.25, -0.2) is 12.1 Å². The third kappa shape index (κ3) is 15.1. The Kier molecular flexibility index (Phi) is 24.1. The smallest absolute Gasteiger partial charge is 0.420 e. The van der Waals surface area contributed by atoms with Gasteiger partial charge in [0.2, 0.25) is 0 Å². The van der Waals surface area contributed by atoms with E-state index in [-0.39, 0.29) is 43.3 Å². The van der Waals surface area contributed by atoms with Crippen molar-refractivity contribution in [2.24, 2.45) is 0 Å². The largest absolute Gasteiger partial charge is 4.00 e. The molecule has 0 N–H and O–H groups in total. The van der Waals surface area contributed by atoms with E-state index >= 15 is 0 Å². The molecule has 0 fully saturated rings. The van der Waals surface area contributed by atoms with E-state index in [4.69, 9.17) is 4.43 Å². The van der Waals surface area contributed by atoms with Gasteiger partial charge in [-0.05, 0) is 19.1 Å². The third-order valence-corrected chi connectivity index (χ3v) is 6.44. The summed E-state index contributed by atoms with van der Waals surface area (Å²) in [5.41, 5.74) is 1.50. The van der Waals surface area contributed by atoms with Gasteiger partial charge >= 0.3 is 21.1 Å². The Bertz CT molecular complexity index is 296. The fourth-order valence-electron chi connectivity index (χ4n) is 2.27. The van der Waals surface area contributed by atoms with Crippen molar-refractivity contribution in [3.05, 3.63) is 52.1 Å². The van der Waals surface area contributed by atoms with Gasteiger partial charge in [0, 0.05) is 7.11 Å². The Morgan fingerprint density at radius 1 is 0.818 bits per heavy atom. The predicted molar refractivity (Wildman–Crippen MR) is 102 cm³/mol. The topological polar surface area (TPSA) is 9.23 Å². The van der Waals surface area contributed by atoms with Crippen molar-refractivity contribution >= 4 is 8.32 Å². The maximum absolute atomic E-state index is 5.56. The molecule has 22 heavy (non-hydrogen) atoms.